The predicted octanol–water partition coefficient (Wildman–Crippen LogP) is 1.87. The monoisotopic (exact) mass is 252 g/mol. The molecule has 2 unspecified atom stereocenters. The first kappa shape index (κ1) is 13.3. The molecule has 1 aliphatic heterocycles. The van der Waals surface area contributed by atoms with E-state index in [1.807, 2.05) is 0 Å². The van der Waals surface area contributed by atoms with Gasteiger partial charge in [0, 0.05) is 19.1 Å². The van der Waals surface area contributed by atoms with Gasteiger partial charge in [0.15, 0.2) is 0 Å². The molecule has 1 aromatic carbocycles. The van der Waals surface area contributed by atoms with Crippen molar-refractivity contribution in [2.75, 3.05) is 26.2 Å². The van der Waals surface area contributed by atoms with E-state index < -0.39 is 0 Å². The lowest BCUT2D eigenvalue weighted by Gasteiger charge is -2.17. The van der Waals surface area contributed by atoms with Crippen LogP contribution in [0.5, 0.6) is 5.75 Å². The Morgan fingerprint density at radius 1 is 1.44 bits per heavy atom. The van der Waals surface area contributed by atoms with Crippen LogP contribution in [0.2, 0.25) is 0 Å². The maximum Gasteiger partial charge on any atom is 0.123 e. The third kappa shape index (κ3) is 3.68. The van der Waals surface area contributed by atoms with E-state index in [9.17, 15) is 4.39 Å². The van der Waals surface area contributed by atoms with Crippen molar-refractivity contribution in [1.29, 1.82) is 0 Å². The summed E-state index contributed by atoms with van der Waals surface area (Å²) in [4.78, 5) is 2.37. The number of nitrogens with zero attached hydrogens (tertiary/aromatic N) is 1. The van der Waals surface area contributed by atoms with E-state index in [0.717, 1.165) is 25.4 Å². The molecule has 3 nitrogen and oxygen atoms in total. The van der Waals surface area contributed by atoms with Crippen molar-refractivity contribution < 1.29 is 9.13 Å². The number of nitrogens with two attached hydrogens (primary N) is 1. The van der Waals surface area contributed by atoms with Gasteiger partial charge in [0.2, 0.25) is 0 Å². The second-order valence-electron chi connectivity index (χ2n) is 5.01. The number of hydrogen-bond acceptors (Lipinski definition) is 3. The number of hydrogen-bond donors (Lipinski definition) is 1. The molecule has 1 heterocycles. The number of likely N-dealkylation sites (tertiary alicyclic amines) is 1. The van der Waals surface area contributed by atoms with Crippen LogP contribution in [-0.4, -0.2) is 37.2 Å². The second kappa shape index (κ2) is 6.16. The van der Waals surface area contributed by atoms with E-state index in [4.69, 9.17) is 10.5 Å². The van der Waals surface area contributed by atoms with Crippen molar-refractivity contribution in [3.05, 3.63) is 30.1 Å². The number of halogens is 1. The summed E-state index contributed by atoms with van der Waals surface area (Å²) in [7, 11) is 0. The standard InChI is InChI=1S/C14H21FN2O/c1-11(16)12-6-7-17(10-12)8-9-18-14-4-2-13(15)3-5-14/h2-5,11-12H,6-10,16H2,1H3. The van der Waals surface area contributed by atoms with E-state index in [2.05, 4.69) is 11.8 Å². The molecule has 0 aliphatic carbocycles. The smallest absolute Gasteiger partial charge is 0.123 e. The average molecular weight is 252 g/mol. The van der Waals surface area contributed by atoms with Gasteiger partial charge >= 0.3 is 0 Å². The Morgan fingerprint density at radius 3 is 2.78 bits per heavy atom. The van der Waals surface area contributed by atoms with E-state index in [-0.39, 0.29) is 11.9 Å². The van der Waals surface area contributed by atoms with Crippen LogP contribution in [0.4, 0.5) is 4.39 Å². The normalized spacial score (nSPS) is 22.1. The van der Waals surface area contributed by atoms with Gasteiger partial charge in [-0.25, -0.2) is 4.39 Å². The van der Waals surface area contributed by atoms with Gasteiger partial charge in [-0.05, 0) is 50.1 Å². The molecule has 2 atom stereocenters. The van der Waals surface area contributed by atoms with Crippen LogP contribution in [-0.2, 0) is 0 Å². The molecule has 0 saturated carbocycles. The SMILES string of the molecule is CC(N)C1CCN(CCOc2ccc(F)cc2)C1. The lowest BCUT2D eigenvalue weighted by molar-refractivity contribution is 0.230. The molecule has 1 aromatic rings. The van der Waals surface area contributed by atoms with E-state index in [1.165, 1.54) is 18.6 Å². The van der Waals surface area contributed by atoms with Crippen molar-refractivity contribution >= 4 is 0 Å². The Labute approximate surface area is 108 Å². The molecule has 18 heavy (non-hydrogen) atoms. The molecule has 1 fully saturated rings. The first-order chi connectivity index (χ1) is 8.65. The third-order valence-electron chi connectivity index (χ3n) is 3.54. The second-order valence-corrected chi connectivity index (χ2v) is 5.01. The highest BCUT2D eigenvalue weighted by atomic mass is 19.1. The molecule has 0 amide bonds. The van der Waals surface area contributed by atoms with Crippen molar-refractivity contribution in [3.8, 4) is 5.75 Å². The van der Waals surface area contributed by atoms with Gasteiger partial charge in [0.05, 0.1) is 0 Å². The van der Waals surface area contributed by atoms with Crippen molar-refractivity contribution in [2.45, 2.75) is 19.4 Å². The van der Waals surface area contributed by atoms with Gasteiger partial charge < -0.3 is 10.5 Å². The molecule has 0 radical (unpaired) electrons. The fourth-order valence-corrected chi connectivity index (χ4v) is 2.32. The highest BCUT2D eigenvalue weighted by Crippen LogP contribution is 2.18. The Kier molecular flexibility index (Phi) is 4.55. The van der Waals surface area contributed by atoms with Crippen molar-refractivity contribution in [3.63, 3.8) is 0 Å². The molecule has 1 aliphatic rings. The van der Waals surface area contributed by atoms with Gasteiger partial charge in [-0.1, -0.05) is 0 Å². The van der Waals surface area contributed by atoms with Crippen molar-refractivity contribution in [1.82, 2.24) is 4.90 Å². The van der Waals surface area contributed by atoms with Crippen LogP contribution in [0, 0.1) is 11.7 Å². The molecule has 0 spiro atoms. The molecule has 4 heteroatoms. The highest BCUT2D eigenvalue weighted by molar-refractivity contribution is 5.21. The average Bonchev–Trinajstić information content (AvgIpc) is 2.81. The van der Waals surface area contributed by atoms with Crippen LogP contribution in [0.15, 0.2) is 24.3 Å². The maximum atomic E-state index is 12.7. The number of ether oxygens (including phenoxy) is 1. The van der Waals surface area contributed by atoms with Crippen LogP contribution in [0.3, 0.4) is 0 Å². The minimum Gasteiger partial charge on any atom is -0.492 e. The highest BCUT2D eigenvalue weighted by Gasteiger charge is 2.24. The summed E-state index contributed by atoms with van der Waals surface area (Å²) in [5, 5.41) is 0. The quantitative estimate of drug-likeness (QED) is 0.869. The predicted molar refractivity (Wildman–Crippen MR) is 70.1 cm³/mol. The fourth-order valence-electron chi connectivity index (χ4n) is 2.32. The van der Waals surface area contributed by atoms with E-state index >= 15 is 0 Å². The molecule has 2 N–H and O–H groups in total. The van der Waals surface area contributed by atoms with Gasteiger partial charge in [-0.2, -0.15) is 0 Å². The van der Waals surface area contributed by atoms with Gasteiger partial charge in [0.1, 0.15) is 18.2 Å². The van der Waals surface area contributed by atoms with E-state index in [0.29, 0.717) is 12.5 Å². The van der Waals surface area contributed by atoms with Crippen molar-refractivity contribution in [2.24, 2.45) is 11.7 Å². The number of benzene rings is 1. The topological polar surface area (TPSA) is 38.5 Å². The van der Waals surface area contributed by atoms with Crippen LogP contribution >= 0.6 is 0 Å². The Balaban J connectivity index is 1.68. The summed E-state index contributed by atoms with van der Waals surface area (Å²) in [5.74, 6) is 1.09. The number of rotatable bonds is 5. The van der Waals surface area contributed by atoms with Gasteiger partial charge in [-0.15, -0.1) is 0 Å². The molecule has 0 bridgehead atoms. The molecule has 2 rings (SSSR count). The molecule has 0 aromatic heterocycles. The largest absolute Gasteiger partial charge is 0.492 e. The first-order valence-electron chi connectivity index (χ1n) is 6.51. The Bertz CT molecular complexity index is 367. The van der Waals surface area contributed by atoms with Crippen LogP contribution in [0.25, 0.3) is 0 Å². The summed E-state index contributed by atoms with van der Waals surface area (Å²) in [6, 6.07) is 6.41. The van der Waals surface area contributed by atoms with E-state index in [1.54, 1.807) is 12.1 Å². The lowest BCUT2D eigenvalue weighted by atomic mass is 10.0. The van der Waals surface area contributed by atoms with Crippen LogP contribution < -0.4 is 10.5 Å². The zero-order valence-corrected chi connectivity index (χ0v) is 10.8. The molecule has 1 saturated heterocycles. The zero-order chi connectivity index (χ0) is 13.0. The summed E-state index contributed by atoms with van der Waals surface area (Å²) in [6.07, 6.45) is 1.17. The molecular formula is C14H21FN2O. The van der Waals surface area contributed by atoms with Crippen LogP contribution in [0.1, 0.15) is 13.3 Å². The summed E-state index contributed by atoms with van der Waals surface area (Å²) in [6.45, 7) is 5.77. The Hall–Kier alpha value is -1.13. The minimum atomic E-state index is -0.235. The lowest BCUT2D eigenvalue weighted by Crippen LogP contribution is -2.31. The fraction of sp³-hybridized carbons (Fsp3) is 0.571. The molecule has 100 valence electrons. The summed E-state index contributed by atoms with van der Waals surface area (Å²) >= 11 is 0. The van der Waals surface area contributed by atoms with Gasteiger partial charge in [-0.3, -0.25) is 4.90 Å². The van der Waals surface area contributed by atoms with Gasteiger partial charge in [0.25, 0.3) is 0 Å². The molecular weight excluding hydrogens is 231 g/mol. The zero-order valence-electron chi connectivity index (χ0n) is 10.8. The third-order valence-corrected chi connectivity index (χ3v) is 3.54. The minimum absolute atomic E-state index is 0.235. The summed E-state index contributed by atoms with van der Waals surface area (Å²) < 4.78 is 18.3. The maximum absolute atomic E-state index is 12.7. The first-order valence-corrected chi connectivity index (χ1v) is 6.51. The summed E-state index contributed by atoms with van der Waals surface area (Å²) in [5.41, 5.74) is 5.90. The Morgan fingerprint density at radius 2 is 2.17 bits per heavy atom.